The molecule has 1 saturated heterocycles. The Morgan fingerprint density at radius 1 is 1.47 bits per heavy atom. The summed E-state index contributed by atoms with van der Waals surface area (Å²) in [5.41, 5.74) is -1.28. The van der Waals surface area contributed by atoms with Gasteiger partial charge in [0.1, 0.15) is 11.2 Å². The van der Waals surface area contributed by atoms with Gasteiger partial charge in [-0.25, -0.2) is 4.79 Å². The van der Waals surface area contributed by atoms with Gasteiger partial charge in [0.05, 0.1) is 6.10 Å². The molecule has 1 heterocycles. The molecule has 0 radical (unpaired) electrons. The van der Waals surface area contributed by atoms with Crippen LogP contribution in [0.4, 0.5) is 4.79 Å². The minimum absolute atomic E-state index is 0.154. The largest absolute Gasteiger partial charge is 0.444 e. The molecule has 1 rings (SSSR count). The number of amides is 1. The van der Waals surface area contributed by atoms with E-state index in [1.165, 1.54) is 0 Å². The van der Waals surface area contributed by atoms with Crippen molar-refractivity contribution in [1.82, 2.24) is 10.6 Å². The topological polar surface area (TPSA) is 79.8 Å². The molecular weight excluding hydrogens is 248 g/mol. The maximum absolute atomic E-state index is 11.4. The summed E-state index contributed by atoms with van der Waals surface area (Å²) in [6.45, 7) is 9.42. The van der Waals surface area contributed by atoms with Crippen LogP contribution in [0.3, 0.4) is 0 Å². The van der Waals surface area contributed by atoms with E-state index in [2.05, 4.69) is 10.6 Å². The third kappa shape index (κ3) is 5.76. The van der Waals surface area contributed by atoms with E-state index < -0.39 is 17.3 Å². The molecule has 0 aromatic carbocycles. The Balaban J connectivity index is 2.10. The van der Waals surface area contributed by atoms with Gasteiger partial charge >= 0.3 is 6.09 Å². The van der Waals surface area contributed by atoms with Crippen molar-refractivity contribution in [3.05, 3.63) is 0 Å². The SMILES string of the molecule is CC1OCCC1(O)CNCCNC(=O)OC(C)(C)C. The van der Waals surface area contributed by atoms with Crippen molar-refractivity contribution in [2.45, 2.75) is 51.4 Å². The van der Waals surface area contributed by atoms with Gasteiger partial charge in [0, 0.05) is 32.7 Å². The number of rotatable bonds is 5. The van der Waals surface area contributed by atoms with Gasteiger partial charge in [0.25, 0.3) is 0 Å². The fourth-order valence-corrected chi connectivity index (χ4v) is 1.87. The number of nitrogens with one attached hydrogen (secondary N) is 2. The van der Waals surface area contributed by atoms with Crippen LogP contribution in [0.15, 0.2) is 0 Å². The minimum Gasteiger partial charge on any atom is -0.444 e. The van der Waals surface area contributed by atoms with Crippen LogP contribution in [0, 0.1) is 0 Å². The van der Waals surface area contributed by atoms with Crippen molar-refractivity contribution in [3.63, 3.8) is 0 Å². The van der Waals surface area contributed by atoms with Crippen LogP contribution in [0.2, 0.25) is 0 Å². The molecule has 1 aliphatic heterocycles. The molecule has 0 aromatic rings. The van der Waals surface area contributed by atoms with Crippen molar-refractivity contribution in [2.24, 2.45) is 0 Å². The van der Waals surface area contributed by atoms with E-state index >= 15 is 0 Å². The monoisotopic (exact) mass is 274 g/mol. The first-order chi connectivity index (χ1) is 8.73. The summed E-state index contributed by atoms with van der Waals surface area (Å²) in [4.78, 5) is 11.4. The Labute approximate surface area is 114 Å². The van der Waals surface area contributed by atoms with E-state index in [9.17, 15) is 9.90 Å². The summed E-state index contributed by atoms with van der Waals surface area (Å²) >= 11 is 0. The standard InChI is InChI=1S/C13H26N2O4/c1-10-13(17,5-8-18-10)9-14-6-7-15-11(16)19-12(2,3)4/h10,14,17H,5-9H2,1-4H3,(H,15,16). The lowest BCUT2D eigenvalue weighted by molar-refractivity contribution is -0.0259. The van der Waals surface area contributed by atoms with Crippen molar-refractivity contribution < 1.29 is 19.4 Å². The Hall–Kier alpha value is -0.850. The van der Waals surface area contributed by atoms with Crippen LogP contribution in [0.25, 0.3) is 0 Å². The summed E-state index contributed by atoms with van der Waals surface area (Å²) in [6, 6.07) is 0. The summed E-state index contributed by atoms with van der Waals surface area (Å²) in [6.07, 6.45) is 0.0603. The number of aliphatic hydroxyl groups is 1. The number of carbonyl (C=O) groups excluding carboxylic acids is 1. The molecule has 1 amide bonds. The summed E-state index contributed by atoms with van der Waals surface area (Å²) < 4.78 is 10.4. The van der Waals surface area contributed by atoms with Crippen molar-refractivity contribution in [2.75, 3.05) is 26.2 Å². The van der Waals surface area contributed by atoms with E-state index in [0.717, 1.165) is 0 Å². The molecular formula is C13H26N2O4. The first-order valence-electron chi connectivity index (χ1n) is 6.74. The van der Waals surface area contributed by atoms with Gasteiger partial charge in [-0.05, 0) is 27.7 Å². The van der Waals surface area contributed by atoms with Crippen LogP contribution in [-0.2, 0) is 9.47 Å². The lowest BCUT2D eigenvalue weighted by Gasteiger charge is -2.26. The van der Waals surface area contributed by atoms with E-state index in [1.807, 2.05) is 27.7 Å². The van der Waals surface area contributed by atoms with Gasteiger partial charge in [-0.2, -0.15) is 0 Å². The molecule has 0 aliphatic carbocycles. The van der Waals surface area contributed by atoms with E-state index in [1.54, 1.807) is 0 Å². The third-order valence-electron chi connectivity index (χ3n) is 3.06. The molecule has 0 aromatic heterocycles. The molecule has 0 saturated carbocycles. The number of carbonyl (C=O) groups is 1. The van der Waals surface area contributed by atoms with Crippen molar-refractivity contribution in [1.29, 1.82) is 0 Å². The van der Waals surface area contributed by atoms with Gasteiger partial charge < -0.3 is 25.2 Å². The number of hydrogen-bond acceptors (Lipinski definition) is 5. The van der Waals surface area contributed by atoms with Gasteiger partial charge in [-0.1, -0.05) is 0 Å². The molecule has 112 valence electrons. The fraction of sp³-hybridized carbons (Fsp3) is 0.923. The maximum atomic E-state index is 11.4. The van der Waals surface area contributed by atoms with Crippen LogP contribution in [-0.4, -0.2) is 54.7 Å². The first-order valence-corrected chi connectivity index (χ1v) is 6.74. The Morgan fingerprint density at radius 3 is 2.68 bits per heavy atom. The van der Waals surface area contributed by atoms with Crippen LogP contribution in [0.5, 0.6) is 0 Å². The molecule has 0 spiro atoms. The van der Waals surface area contributed by atoms with Crippen LogP contribution < -0.4 is 10.6 Å². The zero-order valence-corrected chi connectivity index (χ0v) is 12.3. The highest BCUT2D eigenvalue weighted by Crippen LogP contribution is 2.24. The molecule has 19 heavy (non-hydrogen) atoms. The second-order valence-electron chi connectivity index (χ2n) is 5.97. The zero-order valence-electron chi connectivity index (χ0n) is 12.3. The molecule has 3 N–H and O–H groups in total. The Morgan fingerprint density at radius 2 is 2.16 bits per heavy atom. The van der Waals surface area contributed by atoms with E-state index in [4.69, 9.17) is 9.47 Å². The lowest BCUT2D eigenvalue weighted by atomic mass is 9.97. The molecule has 0 bridgehead atoms. The fourth-order valence-electron chi connectivity index (χ4n) is 1.87. The van der Waals surface area contributed by atoms with Gasteiger partial charge in [0.15, 0.2) is 0 Å². The molecule has 2 unspecified atom stereocenters. The third-order valence-corrected chi connectivity index (χ3v) is 3.06. The Bertz CT molecular complexity index is 304. The quantitative estimate of drug-likeness (QED) is 0.641. The summed E-state index contributed by atoms with van der Waals surface area (Å²) in [5.74, 6) is 0. The smallest absolute Gasteiger partial charge is 0.407 e. The Kier molecular flexibility index (Phi) is 5.58. The summed E-state index contributed by atoms with van der Waals surface area (Å²) in [7, 11) is 0. The first kappa shape index (κ1) is 16.2. The predicted octanol–water partition coefficient (Wildman–Crippen LogP) is 0.641. The van der Waals surface area contributed by atoms with E-state index in [-0.39, 0.29) is 6.10 Å². The van der Waals surface area contributed by atoms with Gasteiger partial charge in [0.2, 0.25) is 0 Å². The van der Waals surface area contributed by atoms with E-state index in [0.29, 0.717) is 32.7 Å². The number of alkyl carbamates (subject to hydrolysis) is 1. The summed E-state index contributed by atoms with van der Waals surface area (Å²) in [5, 5.41) is 16.0. The zero-order chi connectivity index (χ0) is 14.5. The predicted molar refractivity (Wildman–Crippen MR) is 72.1 cm³/mol. The van der Waals surface area contributed by atoms with Crippen molar-refractivity contribution in [3.8, 4) is 0 Å². The normalized spacial score (nSPS) is 27.3. The second-order valence-corrected chi connectivity index (χ2v) is 5.97. The lowest BCUT2D eigenvalue weighted by Crippen LogP contribution is -2.47. The average molecular weight is 274 g/mol. The molecule has 1 aliphatic rings. The maximum Gasteiger partial charge on any atom is 0.407 e. The second kappa shape index (κ2) is 6.54. The molecule has 6 heteroatoms. The van der Waals surface area contributed by atoms with Crippen molar-refractivity contribution >= 4 is 6.09 Å². The number of ether oxygens (including phenoxy) is 2. The molecule has 6 nitrogen and oxygen atoms in total. The molecule has 1 fully saturated rings. The molecule has 2 atom stereocenters. The van der Waals surface area contributed by atoms with Crippen LogP contribution >= 0.6 is 0 Å². The highest BCUT2D eigenvalue weighted by atomic mass is 16.6. The van der Waals surface area contributed by atoms with Gasteiger partial charge in [-0.3, -0.25) is 0 Å². The minimum atomic E-state index is -0.800. The van der Waals surface area contributed by atoms with Gasteiger partial charge in [-0.15, -0.1) is 0 Å². The number of hydrogen-bond donors (Lipinski definition) is 3. The average Bonchev–Trinajstić information content (AvgIpc) is 2.56. The highest BCUT2D eigenvalue weighted by molar-refractivity contribution is 5.67. The highest BCUT2D eigenvalue weighted by Gasteiger charge is 2.38. The van der Waals surface area contributed by atoms with Crippen LogP contribution in [0.1, 0.15) is 34.1 Å².